The highest BCUT2D eigenvalue weighted by Gasteiger charge is 2.43. The SMILES string of the molecule is CC(O)CNCCN1C(=O)CC2(CCCCC2)CC1=O. The lowest BCUT2D eigenvalue weighted by Gasteiger charge is -2.42. The summed E-state index contributed by atoms with van der Waals surface area (Å²) in [6.07, 6.45) is 6.25. The summed E-state index contributed by atoms with van der Waals surface area (Å²) in [6.45, 7) is 3.16. The number of imide groups is 1. The molecule has 1 spiro atoms. The summed E-state index contributed by atoms with van der Waals surface area (Å²) in [4.78, 5) is 25.9. The van der Waals surface area contributed by atoms with Crippen molar-refractivity contribution in [1.82, 2.24) is 10.2 Å². The van der Waals surface area contributed by atoms with Crippen LogP contribution < -0.4 is 5.32 Å². The van der Waals surface area contributed by atoms with E-state index in [4.69, 9.17) is 5.11 Å². The van der Waals surface area contributed by atoms with Gasteiger partial charge in [0.25, 0.3) is 0 Å². The van der Waals surface area contributed by atoms with E-state index in [1.54, 1.807) is 6.92 Å². The van der Waals surface area contributed by atoms with Crippen molar-refractivity contribution in [1.29, 1.82) is 0 Å². The second-order valence-electron chi connectivity index (χ2n) is 6.41. The molecular formula is C15H26N2O3. The van der Waals surface area contributed by atoms with Crippen molar-refractivity contribution in [3.05, 3.63) is 0 Å². The largest absolute Gasteiger partial charge is 0.392 e. The van der Waals surface area contributed by atoms with Gasteiger partial charge in [0, 0.05) is 32.5 Å². The number of hydrogen-bond acceptors (Lipinski definition) is 4. The van der Waals surface area contributed by atoms with Crippen LogP contribution in [0.4, 0.5) is 0 Å². The van der Waals surface area contributed by atoms with E-state index < -0.39 is 6.10 Å². The van der Waals surface area contributed by atoms with Gasteiger partial charge in [-0.1, -0.05) is 19.3 Å². The third-order valence-electron chi connectivity index (χ3n) is 4.52. The lowest BCUT2D eigenvalue weighted by Crippen LogP contribution is -2.50. The lowest BCUT2D eigenvalue weighted by atomic mass is 9.67. The van der Waals surface area contributed by atoms with Gasteiger partial charge in [-0.05, 0) is 25.2 Å². The predicted octanol–water partition coefficient (Wildman–Crippen LogP) is 1.06. The minimum atomic E-state index is -0.409. The van der Waals surface area contributed by atoms with E-state index in [-0.39, 0.29) is 17.2 Å². The first-order chi connectivity index (χ1) is 9.52. The Bertz CT molecular complexity index is 342. The van der Waals surface area contributed by atoms with Gasteiger partial charge in [-0.15, -0.1) is 0 Å². The Balaban J connectivity index is 1.84. The van der Waals surface area contributed by atoms with Crippen molar-refractivity contribution in [2.24, 2.45) is 5.41 Å². The van der Waals surface area contributed by atoms with E-state index in [2.05, 4.69) is 5.32 Å². The van der Waals surface area contributed by atoms with Gasteiger partial charge in [0.15, 0.2) is 0 Å². The van der Waals surface area contributed by atoms with Crippen molar-refractivity contribution in [3.8, 4) is 0 Å². The average molecular weight is 282 g/mol. The molecule has 1 saturated heterocycles. The van der Waals surface area contributed by atoms with E-state index in [9.17, 15) is 9.59 Å². The van der Waals surface area contributed by atoms with E-state index in [0.717, 1.165) is 25.7 Å². The zero-order valence-corrected chi connectivity index (χ0v) is 12.4. The van der Waals surface area contributed by atoms with Gasteiger partial charge in [0.1, 0.15) is 0 Å². The Labute approximate surface area is 120 Å². The molecule has 0 aromatic rings. The molecule has 2 amide bonds. The lowest BCUT2D eigenvalue weighted by molar-refractivity contribution is -0.154. The van der Waals surface area contributed by atoms with Gasteiger partial charge in [0.2, 0.25) is 11.8 Å². The smallest absolute Gasteiger partial charge is 0.229 e. The minimum Gasteiger partial charge on any atom is -0.392 e. The fourth-order valence-electron chi connectivity index (χ4n) is 3.44. The van der Waals surface area contributed by atoms with Crippen LogP contribution >= 0.6 is 0 Å². The van der Waals surface area contributed by atoms with E-state index in [0.29, 0.717) is 32.5 Å². The van der Waals surface area contributed by atoms with Crippen LogP contribution in [0.15, 0.2) is 0 Å². The number of piperidine rings is 1. The molecule has 2 rings (SSSR count). The Morgan fingerprint density at radius 2 is 1.80 bits per heavy atom. The molecule has 5 heteroatoms. The molecule has 0 aromatic heterocycles. The van der Waals surface area contributed by atoms with Gasteiger partial charge in [-0.25, -0.2) is 0 Å². The maximum atomic E-state index is 12.2. The summed E-state index contributed by atoms with van der Waals surface area (Å²) in [7, 11) is 0. The number of aliphatic hydroxyl groups excluding tert-OH is 1. The maximum Gasteiger partial charge on any atom is 0.229 e. The molecule has 1 unspecified atom stereocenters. The van der Waals surface area contributed by atoms with Crippen molar-refractivity contribution < 1.29 is 14.7 Å². The van der Waals surface area contributed by atoms with Crippen LogP contribution in [0.3, 0.4) is 0 Å². The van der Waals surface area contributed by atoms with Gasteiger partial charge in [-0.3, -0.25) is 14.5 Å². The number of amides is 2. The molecular weight excluding hydrogens is 256 g/mol. The summed E-state index contributed by atoms with van der Waals surface area (Å²) in [6, 6.07) is 0. The normalized spacial score (nSPS) is 24.2. The topological polar surface area (TPSA) is 69.6 Å². The van der Waals surface area contributed by atoms with Crippen molar-refractivity contribution in [2.75, 3.05) is 19.6 Å². The third kappa shape index (κ3) is 3.79. The fourth-order valence-corrected chi connectivity index (χ4v) is 3.44. The second-order valence-corrected chi connectivity index (χ2v) is 6.41. The Morgan fingerprint density at radius 1 is 1.20 bits per heavy atom. The highest BCUT2D eigenvalue weighted by Crippen LogP contribution is 2.45. The highest BCUT2D eigenvalue weighted by molar-refractivity contribution is 5.98. The summed E-state index contributed by atoms with van der Waals surface area (Å²) >= 11 is 0. The predicted molar refractivity (Wildman–Crippen MR) is 76.0 cm³/mol. The van der Waals surface area contributed by atoms with E-state index in [1.807, 2.05) is 0 Å². The summed E-state index contributed by atoms with van der Waals surface area (Å²) in [5.41, 5.74) is -0.0318. The zero-order chi connectivity index (χ0) is 14.6. The minimum absolute atomic E-state index is 0.0120. The van der Waals surface area contributed by atoms with E-state index in [1.165, 1.54) is 11.3 Å². The van der Waals surface area contributed by atoms with Crippen molar-refractivity contribution in [3.63, 3.8) is 0 Å². The molecule has 2 fully saturated rings. The number of nitrogens with one attached hydrogen (secondary N) is 1. The quantitative estimate of drug-likeness (QED) is 0.584. The molecule has 1 heterocycles. The van der Waals surface area contributed by atoms with Crippen LogP contribution in [0.1, 0.15) is 51.9 Å². The number of rotatable bonds is 5. The third-order valence-corrected chi connectivity index (χ3v) is 4.52. The van der Waals surface area contributed by atoms with Crippen LogP contribution in [0.5, 0.6) is 0 Å². The molecule has 1 saturated carbocycles. The molecule has 0 bridgehead atoms. The fraction of sp³-hybridized carbons (Fsp3) is 0.867. The number of aliphatic hydroxyl groups is 1. The zero-order valence-electron chi connectivity index (χ0n) is 12.4. The number of hydrogen-bond donors (Lipinski definition) is 2. The molecule has 20 heavy (non-hydrogen) atoms. The summed E-state index contributed by atoms with van der Waals surface area (Å²) < 4.78 is 0. The van der Waals surface area contributed by atoms with Crippen molar-refractivity contribution >= 4 is 11.8 Å². The van der Waals surface area contributed by atoms with Gasteiger partial charge in [-0.2, -0.15) is 0 Å². The molecule has 1 atom stereocenters. The maximum absolute atomic E-state index is 12.2. The molecule has 1 aliphatic heterocycles. The molecule has 0 aromatic carbocycles. The standard InChI is InChI=1S/C15H26N2O3/c1-12(18)11-16-7-8-17-13(19)9-15(10-14(17)20)5-3-2-4-6-15/h12,16,18H,2-11H2,1H3. The number of carbonyl (C=O) groups excluding carboxylic acids is 2. The Kier molecular flexibility index (Phi) is 5.16. The number of nitrogens with zero attached hydrogens (tertiary/aromatic N) is 1. The average Bonchev–Trinajstić information content (AvgIpc) is 2.37. The van der Waals surface area contributed by atoms with Crippen LogP contribution in [0.25, 0.3) is 0 Å². The van der Waals surface area contributed by atoms with Crippen molar-refractivity contribution in [2.45, 2.75) is 58.0 Å². The summed E-state index contributed by atoms with van der Waals surface area (Å²) in [5, 5.41) is 12.2. The van der Waals surface area contributed by atoms with Gasteiger partial charge in [0.05, 0.1) is 6.10 Å². The molecule has 1 aliphatic carbocycles. The summed E-state index contributed by atoms with van der Waals surface area (Å²) in [5.74, 6) is -0.0241. The van der Waals surface area contributed by atoms with Crippen LogP contribution in [0.2, 0.25) is 0 Å². The van der Waals surface area contributed by atoms with Gasteiger partial charge < -0.3 is 10.4 Å². The van der Waals surface area contributed by atoms with Crippen LogP contribution in [-0.4, -0.2) is 47.6 Å². The number of likely N-dealkylation sites (tertiary alicyclic amines) is 1. The highest BCUT2D eigenvalue weighted by atomic mass is 16.3. The first-order valence-electron chi connectivity index (χ1n) is 7.74. The van der Waals surface area contributed by atoms with Crippen LogP contribution in [-0.2, 0) is 9.59 Å². The second kappa shape index (κ2) is 6.68. The molecule has 2 aliphatic rings. The first-order valence-corrected chi connectivity index (χ1v) is 7.74. The first kappa shape index (κ1) is 15.4. The number of carbonyl (C=O) groups is 2. The van der Waals surface area contributed by atoms with Crippen LogP contribution in [0, 0.1) is 5.41 Å². The molecule has 0 radical (unpaired) electrons. The Morgan fingerprint density at radius 3 is 2.35 bits per heavy atom. The Hall–Kier alpha value is -0.940. The molecule has 2 N–H and O–H groups in total. The molecule has 5 nitrogen and oxygen atoms in total. The van der Waals surface area contributed by atoms with Gasteiger partial charge >= 0.3 is 0 Å². The molecule has 114 valence electrons. The monoisotopic (exact) mass is 282 g/mol. The van der Waals surface area contributed by atoms with E-state index >= 15 is 0 Å².